The van der Waals surface area contributed by atoms with Gasteiger partial charge in [0.05, 0.1) is 12.2 Å². The summed E-state index contributed by atoms with van der Waals surface area (Å²) < 4.78 is 11.1. The lowest BCUT2D eigenvalue weighted by molar-refractivity contribution is 0.0127. The second kappa shape index (κ2) is 7.46. The Hall–Kier alpha value is -0.860. The quantitative estimate of drug-likeness (QED) is 0.716. The second-order valence-electron chi connectivity index (χ2n) is 4.86. The maximum atomic E-state index is 5.57. The van der Waals surface area contributed by atoms with Gasteiger partial charge in [0.1, 0.15) is 0 Å². The van der Waals surface area contributed by atoms with E-state index in [2.05, 4.69) is 26.0 Å². The van der Waals surface area contributed by atoms with Gasteiger partial charge in [-0.2, -0.15) is 0 Å². The van der Waals surface area contributed by atoms with E-state index in [1.807, 2.05) is 18.2 Å². The van der Waals surface area contributed by atoms with Gasteiger partial charge >= 0.3 is 0 Å². The normalized spacial score (nSPS) is 14.9. The Morgan fingerprint density at radius 2 is 1.59 bits per heavy atom. The van der Waals surface area contributed by atoms with Crippen molar-refractivity contribution < 1.29 is 9.47 Å². The van der Waals surface area contributed by atoms with Crippen LogP contribution in [0.2, 0.25) is 0 Å². The maximum Gasteiger partial charge on any atom is 0.0845 e. The molecule has 0 N–H and O–H groups in total. The van der Waals surface area contributed by atoms with Gasteiger partial charge in [0.2, 0.25) is 0 Å². The third kappa shape index (κ3) is 4.88. The standard InChI is InChI=1S/C15H24O2/c1-12(2)10-14(16-3)11-15(17-4)13-8-6-5-7-9-13/h5-9,12,14-15H,10-11H2,1-4H3. The van der Waals surface area contributed by atoms with E-state index in [4.69, 9.17) is 9.47 Å². The summed E-state index contributed by atoms with van der Waals surface area (Å²) in [5.74, 6) is 0.647. The molecular formula is C15H24O2. The van der Waals surface area contributed by atoms with Crippen molar-refractivity contribution >= 4 is 0 Å². The topological polar surface area (TPSA) is 18.5 Å². The Balaban J connectivity index is 2.62. The molecule has 2 unspecified atom stereocenters. The molecule has 2 atom stereocenters. The Morgan fingerprint density at radius 1 is 0.941 bits per heavy atom. The number of ether oxygens (including phenoxy) is 2. The van der Waals surface area contributed by atoms with Crippen LogP contribution in [0.1, 0.15) is 38.4 Å². The summed E-state index contributed by atoms with van der Waals surface area (Å²) in [7, 11) is 3.55. The summed E-state index contributed by atoms with van der Waals surface area (Å²) in [4.78, 5) is 0. The van der Waals surface area contributed by atoms with Gasteiger partial charge in [-0.3, -0.25) is 0 Å². The molecule has 2 nitrogen and oxygen atoms in total. The third-order valence-corrected chi connectivity index (χ3v) is 3.00. The van der Waals surface area contributed by atoms with Gasteiger partial charge < -0.3 is 9.47 Å². The summed E-state index contributed by atoms with van der Waals surface area (Å²) in [5, 5.41) is 0. The first-order chi connectivity index (χ1) is 8.17. The zero-order valence-electron chi connectivity index (χ0n) is 11.3. The highest BCUT2D eigenvalue weighted by Crippen LogP contribution is 2.25. The number of benzene rings is 1. The molecule has 17 heavy (non-hydrogen) atoms. The summed E-state index contributed by atoms with van der Waals surface area (Å²) in [6.07, 6.45) is 2.37. The molecule has 0 aliphatic heterocycles. The van der Waals surface area contributed by atoms with Crippen LogP contribution in [0.4, 0.5) is 0 Å². The van der Waals surface area contributed by atoms with E-state index in [9.17, 15) is 0 Å². The van der Waals surface area contributed by atoms with Crippen molar-refractivity contribution in [3.05, 3.63) is 35.9 Å². The van der Waals surface area contributed by atoms with Crippen molar-refractivity contribution in [1.29, 1.82) is 0 Å². The molecule has 2 heteroatoms. The van der Waals surface area contributed by atoms with Crippen molar-refractivity contribution in [3.63, 3.8) is 0 Å². The van der Waals surface area contributed by atoms with Gasteiger partial charge in [0.15, 0.2) is 0 Å². The molecule has 1 aromatic carbocycles. The molecule has 0 aliphatic carbocycles. The minimum absolute atomic E-state index is 0.125. The maximum absolute atomic E-state index is 5.57. The van der Waals surface area contributed by atoms with Crippen molar-refractivity contribution in [1.82, 2.24) is 0 Å². The fourth-order valence-electron chi connectivity index (χ4n) is 2.09. The van der Waals surface area contributed by atoms with Crippen molar-refractivity contribution in [2.24, 2.45) is 5.92 Å². The smallest absolute Gasteiger partial charge is 0.0845 e. The lowest BCUT2D eigenvalue weighted by atomic mass is 9.97. The van der Waals surface area contributed by atoms with Crippen LogP contribution in [0.15, 0.2) is 30.3 Å². The zero-order chi connectivity index (χ0) is 12.7. The van der Waals surface area contributed by atoms with E-state index in [-0.39, 0.29) is 12.2 Å². The van der Waals surface area contributed by atoms with E-state index < -0.39 is 0 Å². The third-order valence-electron chi connectivity index (χ3n) is 3.00. The number of hydrogen-bond acceptors (Lipinski definition) is 2. The molecule has 0 saturated heterocycles. The molecule has 0 fully saturated rings. The lowest BCUT2D eigenvalue weighted by Gasteiger charge is -2.23. The average Bonchev–Trinajstić information content (AvgIpc) is 2.35. The molecule has 0 heterocycles. The lowest BCUT2D eigenvalue weighted by Crippen LogP contribution is -2.18. The molecule has 0 bridgehead atoms. The molecular weight excluding hydrogens is 212 g/mol. The van der Waals surface area contributed by atoms with E-state index in [0.29, 0.717) is 5.92 Å². The first-order valence-corrected chi connectivity index (χ1v) is 6.27. The monoisotopic (exact) mass is 236 g/mol. The minimum atomic E-state index is 0.125. The fraction of sp³-hybridized carbons (Fsp3) is 0.600. The average molecular weight is 236 g/mol. The molecule has 0 radical (unpaired) electrons. The first kappa shape index (κ1) is 14.2. The number of hydrogen-bond donors (Lipinski definition) is 0. The summed E-state index contributed by atoms with van der Waals surface area (Å²) in [5.41, 5.74) is 1.22. The minimum Gasteiger partial charge on any atom is -0.381 e. The van der Waals surface area contributed by atoms with Gasteiger partial charge in [-0.15, -0.1) is 0 Å². The van der Waals surface area contributed by atoms with E-state index >= 15 is 0 Å². The first-order valence-electron chi connectivity index (χ1n) is 6.27. The zero-order valence-corrected chi connectivity index (χ0v) is 11.3. The number of rotatable bonds is 7. The highest BCUT2D eigenvalue weighted by Gasteiger charge is 2.18. The van der Waals surface area contributed by atoms with Crippen molar-refractivity contribution in [2.45, 2.75) is 38.9 Å². The molecule has 1 aromatic rings. The van der Waals surface area contributed by atoms with Crippen LogP contribution in [0.5, 0.6) is 0 Å². The van der Waals surface area contributed by atoms with Gasteiger partial charge in [0, 0.05) is 20.6 Å². The Kier molecular flexibility index (Phi) is 6.23. The van der Waals surface area contributed by atoms with Crippen LogP contribution in [-0.4, -0.2) is 20.3 Å². The summed E-state index contributed by atoms with van der Waals surface area (Å²) in [6.45, 7) is 4.44. The van der Waals surface area contributed by atoms with Crippen molar-refractivity contribution in [2.75, 3.05) is 14.2 Å². The largest absolute Gasteiger partial charge is 0.381 e. The van der Waals surface area contributed by atoms with Gasteiger partial charge in [-0.1, -0.05) is 44.2 Å². The summed E-state index contributed by atoms with van der Waals surface area (Å²) in [6, 6.07) is 10.3. The van der Waals surface area contributed by atoms with Crippen LogP contribution >= 0.6 is 0 Å². The molecule has 96 valence electrons. The Bertz CT molecular complexity index is 295. The predicted octanol–water partition coefficient (Wildman–Crippen LogP) is 3.83. The van der Waals surface area contributed by atoms with E-state index in [1.54, 1.807) is 14.2 Å². The molecule has 0 amide bonds. The molecule has 0 saturated carbocycles. The van der Waals surface area contributed by atoms with Crippen LogP contribution in [0.3, 0.4) is 0 Å². The Labute approximate surface area is 105 Å². The predicted molar refractivity (Wildman–Crippen MR) is 71.1 cm³/mol. The second-order valence-corrected chi connectivity index (χ2v) is 4.86. The fourth-order valence-corrected chi connectivity index (χ4v) is 2.09. The van der Waals surface area contributed by atoms with Crippen LogP contribution in [0, 0.1) is 5.92 Å². The van der Waals surface area contributed by atoms with Crippen molar-refractivity contribution in [3.8, 4) is 0 Å². The SMILES string of the molecule is COC(CC(C)C)CC(OC)c1ccccc1. The molecule has 0 aliphatic rings. The Morgan fingerprint density at radius 3 is 2.06 bits per heavy atom. The molecule has 0 spiro atoms. The molecule has 0 aromatic heterocycles. The summed E-state index contributed by atoms with van der Waals surface area (Å²) >= 11 is 0. The van der Waals surface area contributed by atoms with Gasteiger partial charge in [0.25, 0.3) is 0 Å². The number of methoxy groups -OCH3 is 2. The van der Waals surface area contributed by atoms with Crippen LogP contribution < -0.4 is 0 Å². The van der Waals surface area contributed by atoms with Gasteiger partial charge in [-0.05, 0) is 17.9 Å². The van der Waals surface area contributed by atoms with Crippen LogP contribution in [-0.2, 0) is 9.47 Å². The van der Waals surface area contributed by atoms with E-state index in [0.717, 1.165) is 12.8 Å². The van der Waals surface area contributed by atoms with Crippen LogP contribution in [0.25, 0.3) is 0 Å². The van der Waals surface area contributed by atoms with Gasteiger partial charge in [-0.25, -0.2) is 0 Å². The highest BCUT2D eigenvalue weighted by atomic mass is 16.5. The van der Waals surface area contributed by atoms with E-state index in [1.165, 1.54) is 5.56 Å². The molecule has 1 rings (SSSR count). The highest BCUT2D eigenvalue weighted by molar-refractivity contribution is 5.17.